The molecule has 0 fully saturated rings. The SMILES string of the molecule is COC(=O)[C@H](C)N(P(c1ccccc1)c1ccccc1)P(=O)(c1ccccc1)c1ccccc1. The van der Waals surface area contributed by atoms with Crippen molar-refractivity contribution in [1.82, 2.24) is 4.44 Å². The summed E-state index contributed by atoms with van der Waals surface area (Å²) in [4.78, 5) is 13.1. The summed E-state index contributed by atoms with van der Waals surface area (Å²) in [5.74, 6) is -0.425. The number of methoxy groups -OCH3 is 1. The Morgan fingerprint density at radius 3 is 1.41 bits per heavy atom. The molecule has 0 amide bonds. The zero-order chi connectivity index (χ0) is 24.0. The van der Waals surface area contributed by atoms with Crippen molar-refractivity contribution in [2.75, 3.05) is 7.11 Å². The van der Waals surface area contributed by atoms with Crippen molar-refractivity contribution in [3.8, 4) is 0 Å². The van der Waals surface area contributed by atoms with E-state index in [9.17, 15) is 4.79 Å². The molecule has 4 nitrogen and oxygen atoms in total. The van der Waals surface area contributed by atoms with E-state index in [2.05, 4.69) is 0 Å². The van der Waals surface area contributed by atoms with Gasteiger partial charge < -0.3 is 4.74 Å². The van der Waals surface area contributed by atoms with Gasteiger partial charge in [0.1, 0.15) is 6.04 Å². The van der Waals surface area contributed by atoms with Crippen LogP contribution in [0.5, 0.6) is 0 Å². The summed E-state index contributed by atoms with van der Waals surface area (Å²) in [6.45, 7) is 1.78. The number of benzene rings is 4. The number of ether oxygens (including phenoxy) is 1. The summed E-state index contributed by atoms with van der Waals surface area (Å²) in [5.41, 5.74) is 0. The van der Waals surface area contributed by atoms with E-state index >= 15 is 4.57 Å². The molecule has 1 atom stereocenters. The molecule has 0 saturated carbocycles. The van der Waals surface area contributed by atoms with Crippen molar-refractivity contribution in [1.29, 1.82) is 0 Å². The molecule has 172 valence electrons. The first-order valence-electron chi connectivity index (χ1n) is 11.1. The molecule has 0 aliphatic rings. The topological polar surface area (TPSA) is 46.6 Å². The zero-order valence-electron chi connectivity index (χ0n) is 19.2. The molecule has 0 aromatic heterocycles. The maximum atomic E-state index is 15.5. The lowest BCUT2D eigenvalue weighted by Crippen LogP contribution is -2.43. The standard InChI is InChI=1S/C28H27NO3P2/c1-23(28(30)32-2)29(33(24-15-7-3-8-16-24)25-17-9-4-10-18-25)34(31,26-19-11-5-12-20-26)27-21-13-6-14-22-27/h3-23H,1-2H3/t23-/m0/s1. The zero-order valence-corrected chi connectivity index (χ0v) is 21.0. The molecule has 4 aromatic rings. The molecule has 6 heteroatoms. The highest BCUT2D eigenvalue weighted by molar-refractivity contribution is 7.87. The highest BCUT2D eigenvalue weighted by atomic mass is 31.2. The predicted octanol–water partition coefficient (Wildman–Crippen LogP) is 4.83. The van der Waals surface area contributed by atoms with Gasteiger partial charge in [0.05, 0.1) is 7.11 Å². The fourth-order valence-electron chi connectivity index (χ4n) is 3.98. The van der Waals surface area contributed by atoms with Crippen LogP contribution in [0.25, 0.3) is 0 Å². The highest BCUT2D eigenvalue weighted by Crippen LogP contribution is 2.61. The number of rotatable bonds is 8. The highest BCUT2D eigenvalue weighted by Gasteiger charge is 2.45. The second kappa shape index (κ2) is 10.9. The van der Waals surface area contributed by atoms with Gasteiger partial charge in [0.2, 0.25) is 7.29 Å². The Kier molecular flexibility index (Phi) is 7.75. The lowest BCUT2D eigenvalue weighted by atomic mass is 10.4. The summed E-state index contributed by atoms with van der Waals surface area (Å²) in [6, 6.07) is 38.1. The van der Waals surface area contributed by atoms with Crippen LogP contribution in [0.2, 0.25) is 0 Å². The van der Waals surface area contributed by atoms with Crippen LogP contribution in [0.3, 0.4) is 0 Å². The number of esters is 1. The van der Waals surface area contributed by atoms with E-state index in [1.54, 1.807) is 6.92 Å². The van der Waals surface area contributed by atoms with E-state index in [0.29, 0.717) is 10.6 Å². The second-order valence-electron chi connectivity index (χ2n) is 7.75. The fourth-order valence-corrected chi connectivity index (χ4v) is 10.9. The van der Waals surface area contributed by atoms with Gasteiger partial charge in [0.25, 0.3) is 0 Å². The van der Waals surface area contributed by atoms with Gasteiger partial charge in [-0.05, 0) is 41.8 Å². The molecule has 4 rings (SSSR count). The molecule has 0 N–H and O–H groups in total. The van der Waals surface area contributed by atoms with Crippen molar-refractivity contribution in [3.05, 3.63) is 121 Å². The lowest BCUT2D eigenvalue weighted by molar-refractivity contribution is -0.143. The molecule has 0 aliphatic carbocycles. The third-order valence-corrected chi connectivity index (χ3v) is 12.1. The fraction of sp³-hybridized carbons (Fsp3) is 0.107. The minimum Gasteiger partial charge on any atom is -0.468 e. The predicted molar refractivity (Wildman–Crippen MR) is 142 cm³/mol. The van der Waals surface area contributed by atoms with Crippen LogP contribution in [-0.2, 0) is 14.1 Å². The van der Waals surface area contributed by atoms with Crippen LogP contribution in [0.15, 0.2) is 121 Å². The molecule has 0 bridgehead atoms. The van der Waals surface area contributed by atoms with Gasteiger partial charge in [0.15, 0.2) is 0 Å². The van der Waals surface area contributed by atoms with Crippen molar-refractivity contribution in [2.45, 2.75) is 13.0 Å². The normalized spacial score (nSPS) is 12.5. The average molecular weight is 487 g/mol. The van der Waals surface area contributed by atoms with E-state index in [0.717, 1.165) is 10.6 Å². The van der Waals surface area contributed by atoms with Crippen LogP contribution in [0.1, 0.15) is 6.92 Å². The van der Waals surface area contributed by atoms with E-state index in [1.807, 2.05) is 126 Å². The van der Waals surface area contributed by atoms with E-state index < -0.39 is 27.4 Å². The molecule has 0 spiro atoms. The third kappa shape index (κ3) is 4.76. The summed E-state index contributed by atoms with van der Waals surface area (Å²) in [7, 11) is -3.47. The van der Waals surface area contributed by atoms with Crippen LogP contribution in [0, 0.1) is 0 Å². The first-order valence-corrected chi connectivity index (χ1v) is 14.0. The van der Waals surface area contributed by atoms with Gasteiger partial charge in [-0.15, -0.1) is 0 Å². The molecular weight excluding hydrogens is 460 g/mol. The smallest absolute Gasteiger partial charge is 0.323 e. The molecule has 0 unspecified atom stereocenters. The Labute approximate surface area is 202 Å². The molecule has 34 heavy (non-hydrogen) atoms. The Bertz CT molecular complexity index is 1170. The quantitative estimate of drug-likeness (QED) is 0.264. The minimum atomic E-state index is -3.48. The summed E-state index contributed by atoms with van der Waals surface area (Å²) in [5, 5.41) is 3.37. The molecule has 0 aliphatic heterocycles. The van der Waals surface area contributed by atoms with Crippen LogP contribution in [0.4, 0.5) is 0 Å². The number of carbonyl (C=O) groups excluding carboxylic acids is 1. The van der Waals surface area contributed by atoms with Crippen molar-refractivity contribution in [2.24, 2.45) is 0 Å². The van der Waals surface area contributed by atoms with Gasteiger partial charge in [0, 0.05) is 18.7 Å². The van der Waals surface area contributed by atoms with Crippen LogP contribution < -0.4 is 21.2 Å². The van der Waals surface area contributed by atoms with Gasteiger partial charge in [-0.2, -0.15) is 0 Å². The third-order valence-electron chi connectivity index (χ3n) is 5.60. The number of hydrogen-bond acceptors (Lipinski definition) is 3. The summed E-state index contributed by atoms with van der Waals surface area (Å²) < 4.78 is 22.6. The molecule has 4 aromatic carbocycles. The average Bonchev–Trinajstić information content (AvgIpc) is 2.92. The molecular formula is C28H27NO3P2. The number of hydrogen-bond donors (Lipinski definition) is 0. The monoisotopic (exact) mass is 487 g/mol. The molecule has 0 radical (unpaired) electrons. The second-order valence-corrected chi connectivity index (χ2v) is 12.8. The minimum absolute atomic E-state index is 0.425. The number of nitrogens with zero attached hydrogens (tertiary/aromatic N) is 1. The largest absolute Gasteiger partial charge is 0.468 e. The van der Waals surface area contributed by atoms with Gasteiger partial charge in [-0.3, -0.25) is 9.36 Å². The molecule has 0 heterocycles. The van der Waals surface area contributed by atoms with E-state index in [1.165, 1.54) is 7.11 Å². The van der Waals surface area contributed by atoms with Crippen LogP contribution >= 0.6 is 15.4 Å². The first-order chi connectivity index (χ1) is 16.6. The maximum absolute atomic E-state index is 15.5. The van der Waals surface area contributed by atoms with Crippen molar-refractivity contribution >= 4 is 42.6 Å². The van der Waals surface area contributed by atoms with Gasteiger partial charge in [-0.25, -0.2) is 4.44 Å². The summed E-state index contributed by atoms with van der Waals surface area (Å²) in [6.07, 6.45) is 0. The first kappa shape index (κ1) is 24.1. The maximum Gasteiger partial charge on any atom is 0.323 e. The lowest BCUT2D eigenvalue weighted by Gasteiger charge is -2.41. The Balaban J connectivity index is 2.06. The Morgan fingerprint density at radius 2 is 1.06 bits per heavy atom. The number of carbonyl (C=O) groups is 1. The van der Waals surface area contributed by atoms with Crippen LogP contribution in [-0.4, -0.2) is 23.6 Å². The van der Waals surface area contributed by atoms with Crippen molar-refractivity contribution in [3.63, 3.8) is 0 Å². The van der Waals surface area contributed by atoms with E-state index in [-0.39, 0.29) is 0 Å². The van der Waals surface area contributed by atoms with Gasteiger partial charge in [-0.1, -0.05) is 97.1 Å². The molecule has 0 saturated heterocycles. The van der Waals surface area contributed by atoms with E-state index in [4.69, 9.17) is 4.74 Å². The summed E-state index contributed by atoms with van der Waals surface area (Å²) >= 11 is 0. The van der Waals surface area contributed by atoms with Gasteiger partial charge >= 0.3 is 5.97 Å². The Hall–Kier alpha value is -3.03. The van der Waals surface area contributed by atoms with Crippen molar-refractivity contribution < 1.29 is 14.1 Å². The Morgan fingerprint density at radius 1 is 0.706 bits per heavy atom.